The Morgan fingerprint density at radius 2 is 2.29 bits per heavy atom. The molecule has 0 bridgehead atoms. The van der Waals surface area contributed by atoms with Gasteiger partial charge in [0, 0.05) is 26.3 Å². The smallest absolute Gasteiger partial charge is 0.166 e. The summed E-state index contributed by atoms with van der Waals surface area (Å²) in [5.41, 5.74) is 0. The van der Waals surface area contributed by atoms with Crippen molar-refractivity contribution in [2.75, 3.05) is 20.3 Å². The lowest BCUT2D eigenvalue weighted by Crippen LogP contribution is -2.41. The Morgan fingerprint density at radius 1 is 1.57 bits per heavy atom. The molecule has 0 aromatic carbocycles. The van der Waals surface area contributed by atoms with E-state index in [4.69, 9.17) is 17.0 Å². The predicted octanol–water partition coefficient (Wildman–Crippen LogP) is 1.29. The Bertz CT molecular complexity index is 183. The molecule has 4 heteroatoms. The fourth-order valence-electron chi connectivity index (χ4n) is 1.39. The van der Waals surface area contributed by atoms with Crippen LogP contribution >= 0.6 is 12.2 Å². The van der Waals surface area contributed by atoms with Crippen molar-refractivity contribution >= 4 is 17.3 Å². The largest absolute Gasteiger partial charge is 0.385 e. The van der Waals surface area contributed by atoms with Crippen molar-refractivity contribution in [3.05, 3.63) is 0 Å². The molecule has 0 saturated heterocycles. The quantitative estimate of drug-likeness (QED) is 0.518. The summed E-state index contributed by atoms with van der Waals surface area (Å²) in [5.74, 6) is 0.841. The molecular weight excluding hydrogens is 196 g/mol. The van der Waals surface area contributed by atoms with Crippen LogP contribution in [0.15, 0.2) is 0 Å². The highest BCUT2D eigenvalue weighted by atomic mass is 32.1. The fourth-order valence-corrected chi connectivity index (χ4v) is 1.68. The molecule has 1 atom stereocenters. The molecule has 14 heavy (non-hydrogen) atoms. The fraction of sp³-hybridized carbons (Fsp3) is 0.900. The van der Waals surface area contributed by atoms with Gasteiger partial charge in [-0.2, -0.15) is 0 Å². The molecule has 1 saturated carbocycles. The van der Waals surface area contributed by atoms with Gasteiger partial charge in [-0.15, -0.1) is 0 Å². The predicted molar refractivity (Wildman–Crippen MR) is 62.4 cm³/mol. The van der Waals surface area contributed by atoms with E-state index in [-0.39, 0.29) is 0 Å². The monoisotopic (exact) mass is 216 g/mol. The number of methoxy groups -OCH3 is 1. The van der Waals surface area contributed by atoms with Crippen LogP contribution in [0.25, 0.3) is 0 Å². The van der Waals surface area contributed by atoms with Gasteiger partial charge in [0.1, 0.15) is 0 Å². The Hall–Kier alpha value is -0.350. The van der Waals surface area contributed by atoms with Gasteiger partial charge in [-0.25, -0.2) is 0 Å². The summed E-state index contributed by atoms with van der Waals surface area (Å²) >= 11 is 5.16. The number of hydrogen-bond donors (Lipinski definition) is 2. The van der Waals surface area contributed by atoms with Crippen molar-refractivity contribution in [3.8, 4) is 0 Å². The molecule has 0 spiro atoms. The summed E-state index contributed by atoms with van der Waals surface area (Å²) in [6, 6.07) is 0.525. The van der Waals surface area contributed by atoms with E-state index >= 15 is 0 Å². The molecule has 0 heterocycles. The first-order chi connectivity index (χ1) is 6.74. The summed E-state index contributed by atoms with van der Waals surface area (Å²) in [4.78, 5) is 0. The second-order valence-electron chi connectivity index (χ2n) is 3.87. The van der Waals surface area contributed by atoms with E-state index in [1.807, 2.05) is 0 Å². The molecule has 3 nitrogen and oxygen atoms in total. The van der Waals surface area contributed by atoms with Crippen molar-refractivity contribution in [2.45, 2.75) is 32.2 Å². The maximum absolute atomic E-state index is 5.16. The number of nitrogens with one attached hydrogen (secondary N) is 2. The van der Waals surface area contributed by atoms with Gasteiger partial charge >= 0.3 is 0 Å². The van der Waals surface area contributed by atoms with Crippen molar-refractivity contribution in [2.24, 2.45) is 5.92 Å². The van der Waals surface area contributed by atoms with Gasteiger partial charge in [-0.1, -0.05) is 0 Å². The summed E-state index contributed by atoms with van der Waals surface area (Å²) in [6.45, 7) is 3.87. The van der Waals surface area contributed by atoms with E-state index in [1.165, 1.54) is 12.8 Å². The molecule has 82 valence electrons. The third-order valence-electron chi connectivity index (χ3n) is 2.50. The Labute approximate surface area is 91.6 Å². The maximum atomic E-state index is 5.16. The van der Waals surface area contributed by atoms with Crippen molar-refractivity contribution in [3.63, 3.8) is 0 Å². The summed E-state index contributed by atoms with van der Waals surface area (Å²) in [6.07, 6.45) is 3.69. The van der Waals surface area contributed by atoms with Crippen molar-refractivity contribution in [1.82, 2.24) is 10.6 Å². The lowest BCUT2D eigenvalue weighted by atomic mass is 10.2. The van der Waals surface area contributed by atoms with Crippen LogP contribution in [0.4, 0.5) is 0 Å². The zero-order valence-corrected chi connectivity index (χ0v) is 9.82. The number of hydrogen-bond acceptors (Lipinski definition) is 2. The van der Waals surface area contributed by atoms with E-state index in [1.54, 1.807) is 7.11 Å². The van der Waals surface area contributed by atoms with Crippen LogP contribution < -0.4 is 10.6 Å². The minimum atomic E-state index is 0.525. The maximum Gasteiger partial charge on any atom is 0.166 e. The van der Waals surface area contributed by atoms with Crippen molar-refractivity contribution < 1.29 is 4.74 Å². The Kier molecular flexibility index (Phi) is 5.19. The Balaban J connectivity index is 1.97. The molecule has 0 radical (unpaired) electrons. The normalized spacial score (nSPS) is 17.6. The second kappa shape index (κ2) is 6.19. The number of ether oxygens (including phenoxy) is 1. The van der Waals surface area contributed by atoms with E-state index < -0.39 is 0 Å². The van der Waals surface area contributed by atoms with Crippen LogP contribution in [-0.4, -0.2) is 31.4 Å². The highest BCUT2D eigenvalue weighted by molar-refractivity contribution is 7.80. The molecule has 0 aliphatic heterocycles. The average Bonchev–Trinajstić information content (AvgIpc) is 2.95. The Morgan fingerprint density at radius 3 is 2.86 bits per heavy atom. The van der Waals surface area contributed by atoms with Gasteiger partial charge in [0.15, 0.2) is 5.11 Å². The average molecular weight is 216 g/mol. The van der Waals surface area contributed by atoms with E-state index in [9.17, 15) is 0 Å². The van der Waals surface area contributed by atoms with Gasteiger partial charge in [0.25, 0.3) is 0 Å². The first-order valence-corrected chi connectivity index (χ1v) is 5.68. The zero-order valence-electron chi connectivity index (χ0n) is 9.01. The van der Waals surface area contributed by atoms with E-state index in [0.717, 1.165) is 30.6 Å². The van der Waals surface area contributed by atoms with Crippen LogP contribution in [-0.2, 0) is 4.74 Å². The minimum Gasteiger partial charge on any atom is -0.385 e. The molecule has 1 fully saturated rings. The third kappa shape index (κ3) is 4.77. The van der Waals surface area contributed by atoms with Crippen LogP contribution in [0.1, 0.15) is 26.2 Å². The molecule has 0 amide bonds. The molecule has 0 aromatic heterocycles. The molecule has 1 unspecified atom stereocenters. The number of thiocarbonyl (C=S) groups is 1. The van der Waals surface area contributed by atoms with Crippen LogP contribution in [0, 0.1) is 5.92 Å². The van der Waals surface area contributed by atoms with E-state index in [2.05, 4.69) is 17.6 Å². The zero-order chi connectivity index (χ0) is 10.4. The van der Waals surface area contributed by atoms with Crippen LogP contribution in [0.2, 0.25) is 0 Å². The first-order valence-electron chi connectivity index (χ1n) is 5.27. The van der Waals surface area contributed by atoms with Gasteiger partial charge in [-0.3, -0.25) is 0 Å². The third-order valence-corrected chi connectivity index (χ3v) is 2.76. The van der Waals surface area contributed by atoms with E-state index in [0.29, 0.717) is 6.04 Å². The molecule has 2 N–H and O–H groups in total. The van der Waals surface area contributed by atoms with Crippen LogP contribution in [0.3, 0.4) is 0 Å². The minimum absolute atomic E-state index is 0.525. The molecule has 1 aliphatic carbocycles. The summed E-state index contributed by atoms with van der Waals surface area (Å²) in [7, 11) is 1.71. The van der Waals surface area contributed by atoms with Gasteiger partial charge < -0.3 is 15.4 Å². The lowest BCUT2D eigenvalue weighted by Gasteiger charge is -2.16. The van der Waals surface area contributed by atoms with Crippen LogP contribution in [0.5, 0.6) is 0 Å². The first kappa shape index (κ1) is 11.7. The van der Waals surface area contributed by atoms with Gasteiger partial charge in [0.2, 0.25) is 0 Å². The summed E-state index contributed by atoms with van der Waals surface area (Å²) in [5, 5.41) is 7.25. The van der Waals surface area contributed by atoms with Gasteiger partial charge in [-0.05, 0) is 44.3 Å². The SMILES string of the molecule is COCCCNC(=S)NC(C)C1CC1. The number of rotatable bonds is 6. The molecule has 1 aliphatic rings. The summed E-state index contributed by atoms with van der Waals surface area (Å²) < 4.78 is 4.95. The second-order valence-corrected chi connectivity index (χ2v) is 4.28. The highest BCUT2D eigenvalue weighted by Gasteiger charge is 2.27. The standard InChI is InChI=1S/C10H20N2OS/c1-8(9-4-5-9)12-10(14)11-6-3-7-13-2/h8-9H,3-7H2,1-2H3,(H2,11,12,14). The molecule has 1 rings (SSSR count). The lowest BCUT2D eigenvalue weighted by molar-refractivity contribution is 0.195. The van der Waals surface area contributed by atoms with Gasteiger partial charge in [0.05, 0.1) is 0 Å². The molecule has 0 aromatic rings. The molecular formula is C10H20N2OS. The topological polar surface area (TPSA) is 33.3 Å². The van der Waals surface area contributed by atoms with Crippen molar-refractivity contribution in [1.29, 1.82) is 0 Å². The highest BCUT2D eigenvalue weighted by Crippen LogP contribution is 2.32.